The highest BCUT2D eigenvalue weighted by molar-refractivity contribution is 9.18. The minimum absolute atomic E-state index is 0. The molecule has 0 unspecified atom stereocenters. The fourth-order valence-electron chi connectivity index (χ4n) is 2.10. The average Bonchev–Trinajstić information content (AvgIpc) is 2.82. The van der Waals surface area contributed by atoms with E-state index in [0.29, 0.717) is 16.5 Å². The summed E-state index contributed by atoms with van der Waals surface area (Å²) in [5.41, 5.74) is 11.0. The van der Waals surface area contributed by atoms with Gasteiger partial charge in [-0.15, -0.1) is 0 Å². The zero-order chi connectivity index (χ0) is 27.7. The van der Waals surface area contributed by atoms with Crippen LogP contribution in [0, 0.1) is 17.0 Å². The summed E-state index contributed by atoms with van der Waals surface area (Å²) in [7, 11) is -0.307. The molecule has 0 aliphatic rings. The number of benzene rings is 2. The molecule has 0 bridgehead atoms. The summed E-state index contributed by atoms with van der Waals surface area (Å²) in [6, 6.07) is 7.57. The maximum Gasteiger partial charge on any atom is 0.488 e. The molecule has 7 N–H and O–H groups in total. The van der Waals surface area contributed by atoms with Crippen LogP contribution < -0.4 is 21.7 Å². The van der Waals surface area contributed by atoms with Crippen LogP contribution in [0.1, 0.15) is 23.3 Å². The van der Waals surface area contributed by atoms with Gasteiger partial charge in [0, 0.05) is 17.5 Å². The summed E-state index contributed by atoms with van der Waals surface area (Å²) in [6.45, 7) is -0.609. The minimum Gasteiger partial charge on any atom is -0.494 e. The number of halogens is 5. The molecule has 37 heavy (non-hydrogen) atoms. The van der Waals surface area contributed by atoms with Crippen LogP contribution in [-0.4, -0.2) is 54.4 Å². The number of hydrogen-bond donors (Lipinski definition) is 5. The van der Waals surface area contributed by atoms with Crippen molar-refractivity contribution in [2.75, 3.05) is 13.7 Å². The third-order valence-corrected chi connectivity index (χ3v) is 4.04. The lowest BCUT2D eigenvalue weighted by atomic mass is 9.80. The van der Waals surface area contributed by atoms with Crippen LogP contribution in [0.3, 0.4) is 0 Å². The first-order valence-electron chi connectivity index (χ1n) is 9.77. The number of nitrogens with zero attached hydrogens (tertiary/aromatic N) is 1. The molecule has 0 heterocycles. The minimum atomic E-state index is -2.51. The molecule has 2 aromatic carbocycles. The lowest BCUT2D eigenvalue weighted by Gasteiger charge is -2.03. The Balaban J connectivity index is 0. The second kappa shape index (κ2) is 19.7. The monoisotopic (exact) mass is 590 g/mol. The Labute approximate surface area is 221 Å². The maximum absolute atomic E-state index is 13.3. The van der Waals surface area contributed by atoms with E-state index < -0.39 is 31.7 Å². The highest BCUT2D eigenvalue weighted by atomic mass is 79.9. The third-order valence-electron chi connectivity index (χ3n) is 3.78. The second-order valence-electron chi connectivity index (χ2n) is 6.36. The van der Waals surface area contributed by atoms with E-state index in [0.717, 1.165) is 18.3 Å². The van der Waals surface area contributed by atoms with Crippen LogP contribution in [0.15, 0.2) is 59.7 Å². The molecular formula is C23H28BBrF4N4O4. The highest BCUT2D eigenvalue weighted by Gasteiger charge is 2.13. The van der Waals surface area contributed by atoms with Crippen LogP contribution in [0.25, 0.3) is 5.70 Å². The fraction of sp³-hybridized carbons (Fsp3) is 0.174. The number of aliphatic imine (C=N–C) groups is 1. The lowest BCUT2D eigenvalue weighted by molar-refractivity contribution is 0.111. The number of allylic oxidation sites excluding steroid dienone is 2. The van der Waals surface area contributed by atoms with Crippen LogP contribution >= 0.6 is 15.9 Å². The molecular weight excluding hydrogens is 563 g/mol. The zero-order valence-electron chi connectivity index (χ0n) is 18.9. The molecule has 0 spiro atoms. The number of carbonyl (C=O) groups excluding carboxylic acids is 1. The van der Waals surface area contributed by atoms with Gasteiger partial charge in [-0.1, -0.05) is 19.6 Å². The van der Waals surface area contributed by atoms with Gasteiger partial charge in [-0.25, -0.2) is 17.6 Å². The Morgan fingerprint density at radius 1 is 1.22 bits per heavy atom. The predicted molar refractivity (Wildman–Crippen MR) is 143 cm³/mol. The van der Waals surface area contributed by atoms with Crippen LogP contribution in [0.2, 0.25) is 0 Å². The Kier molecular flexibility index (Phi) is 19.0. The van der Waals surface area contributed by atoms with Crippen molar-refractivity contribution in [2.45, 2.75) is 13.9 Å². The molecule has 0 atom stereocenters. The molecule has 0 radical (unpaired) electrons. The number of ether oxygens (including phenoxy) is 1. The van der Waals surface area contributed by atoms with Gasteiger partial charge in [-0.2, -0.15) is 0 Å². The van der Waals surface area contributed by atoms with E-state index in [1.165, 1.54) is 49.7 Å². The standard InChI is InChI=1S/C12H11F3N2O.C7H8BFO3.C3H5BrN2.CH4/c13-10-5-8(1-2-9(10)7-18)11(16)3-4-17-6-12(14)15;1-12-7-3-2-5(8(10)11)4-6(7)9;4-3(6)1-2-5;/h1-5,7,12H,6,16H2;2-4,10-11H,1H3;1-2,6H,5H2;1H4/b;;2-1-,6-3?;. The lowest BCUT2D eigenvalue weighted by Crippen LogP contribution is -2.29. The number of nitrogens with two attached hydrogens (primary N) is 2. The molecule has 2 rings (SSSR count). The molecule has 0 saturated carbocycles. The largest absolute Gasteiger partial charge is 0.494 e. The van der Waals surface area contributed by atoms with Gasteiger partial charge >= 0.3 is 7.12 Å². The van der Waals surface area contributed by atoms with E-state index >= 15 is 0 Å². The second-order valence-corrected chi connectivity index (χ2v) is 7.21. The molecule has 2 aromatic rings. The molecule has 0 aromatic heterocycles. The number of methoxy groups -OCH3 is 1. The molecule has 8 nitrogen and oxygen atoms in total. The summed E-state index contributed by atoms with van der Waals surface area (Å²) in [5, 5.41) is 24.0. The first-order chi connectivity index (χ1) is 17.0. The Bertz CT molecular complexity index is 1090. The van der Waals surface area contributed by atoms with Gasteiger partial charge in [-0.05, 0) is 64.0 Å². The highest BCUT2D eigenvalue weighted by Crippen LogP contribution is 2.14. The van der Waals surface area contributed by atoms with E-state index in [9.17, 15) is 22.4 Å². The van der Waals surface area contributed by atoms with Gasteiger partial charge in [0.05, 0.1) is 23.8 Å². The third kappa shape index (κ3) is 15.3. The topological polar surface area (TPSA) is 155 Å². The Morgan fingerprint density at radius 2 is 1.86 bits per heavy atom. The van der Waals surface area contributed by atoms with Gasteiger partial charge in [0.1, 0.15) is 5.82 Å². The van der Waals surface area contributed by atoms with Crippen molar-refractivity contribution in [1.29, 1.82) is 5.41 Å². The average molecular weight is 591 g/mol. The first kappa shape index (κ1) is 35.7. The molecule has 0 aliphatic carbocycles. The van der Waals surface area contributed by atoms with Gasteiger partial charge < -0.3 is 26.3 Å². The molecule has 0 fully saturated rings. The smallest absolute Gasteiger partial charge is 0.488 e. The van der Waals surface area contributed by atoms with Crippen molar-refractivity contribution in [3.63, 3.8) is 0 Å². The van der Waals surface area contributed by atoms with Crippen LogP contribution in [0.5, 0.6) is 5.75 Å². The van der Waals surface area contributed by atoms with Crippen molar-refractivity contribution in [3.8, 4) is 5.75 Å². The fourth-order valence-corrected chi connectivity index (χ4v) is 2.25. The molecule has 0 saturated heterocycles. The molecule has 202 valence electrons. The quantitative estimate of drug-likeness (QED) is 0.138. The number of hydrogen-bond acceptors (Lipinski definition) is 8. The number of nitrogens with one attached hydrogen (secondary N) is 1. The van der Waals surface area contributed by atoms with E-state index in [1.54, 1.807) is 0 Å². The summed E-state index contributed by atoms with van der Waals surface area (Å²) in [5.74, 6) is -1.22. The number of alkyl halides is 2. The van der Waals surface area contributed by atoms with Gasteiger partial charge in [0.15, 0.2) is 17.9 Å². The normalized spacial score (nSPS) is 10.7. The van der Waals surface area contributed by atoms with E-state index in [2.05, 4.69) is 25.7 Å². The summed E-state index contributed by atoms with van der Waals surface area (Å²) >= 11 is 2.85. The zero-order valence-corrected chi connectivity index (χ0v) is 20.5. The van der Waals surface area contributed by atoms with Crippen molar-refractivity contribution in [1.82, 2.24) is 0 Å². The Morgan fingerprint density at radius 3 is 2.27 bits per heavy atom. The van der Waals surface area contributed by atoms with E-state index in [1.807, 2.05) is 0 Å². The van der Waals surface area contributed by atoms with Crippen molar-refractivity contribution in [2.24, 2.45) is 16.5 Å². The van der Waals surface area contributed by atoms with Crippen LogP contribution in [-0.2, 0) is 0 Å². The summed E-state index contributed by atoms with van der Waals surface area (Å²) < 4.78 is 54.6. The molecule has 0 amide bonds. The van der Waals surface area contributed by atoms with Gasteiger partial charge in [-0.3, -0.25) is 15.2 Å². The van der Waals surface area contributed by atoms with E-state index in [4.69, 9.17) is 26.9 Å². The Hall–Kier alpha value is -3.49. The maximum atomic E-state index is 13.3. The molecule has 14 heteroatoms. The SMILES string of the molecule is C.COc1ccc(B(O)O)cc1F.N=C(Br)/C=C\N.NC(=CC=NCC(F)F)c1ccc(C=O)c(F)c1. The molecule has 0 aliphatic heterocycles. The van der Waals surface area contributed by atoms with E-state index in [-0.39, 0.29) is 29.9 Å². The number of carbonyl (C=O) groups is 1. The van der Waals surface area contributed by atoms with Gasteiger partial charge in [0.2, 0.25) is 0 Å². The predicted octanol–water partition coefficient (Wildman–Crippen LogP) is 3.25. The van der Waals surface area contributed by atoms with Crippen molar-refractivity contribution >= 4 is 51.3 Å². The van der Waals surface area contributed by atoms with Gasteiger partial charge in [0.25, 0.3) is 6.43 Å². The number of aldehydes is 1. The van der Waals surface area contributed by atoms with Crippen molar-refractivity contribution < 1.29 is 37.1 Å². The number of rotatable bonds is 8. The first-order valence-corrected chi connectivity index (χ1v) is 10.6. The summed E-state index contributed by atoms with van der Waals surface area (Å²) in [6.07, 6.45) is 3.05. The summed E-state index contributed by atoms with van der Waals surface area (Å²) in [4.78, 5) is 13.8. The van der Waals surface area contributed by atoms with Crippen molar-refractivity contribution in [3.05, 3.63) is 77.5 Å². The van der Waals surface area contributed by atoms with Crippen LogP contribution in [0.4, 0.5) is 17.6 Å².